The minimum atomic E-state index is 0.203. The number of hydrazine groups is 1. The molecule has 0 unspecified atom stereocenters. The predicted molar refractivity (Wildman–Crippen MR) is 67.5 cm³/mol. The van der Waals surface area contributed by atoms with Crippen molar-refractivity contribution in [3.8, 4) is 0 Å². The van der Waals surface area contributed by atoms with Gasteiger partial charge in [-0.05, 0) is 0 Å². The van der Waals surface area contributed by atoms with E-state index in [4.69, 9.17) is 11.6 Å². The molecule has 0 atom stereocenters. The first kappa shape index (κ1) is 10.8. The number of fused-ring (bicyclic) bond motifs is 1. The minimum absolute atomic E-state index is 0.203. The van der Waals surface area contributed by atoms with Crippen LogP contribution in [0.4, 0.5) is 17.6 Å². The summed E-state index contributed by atoms with van der Waals surface area (Å²) in [6, 6.07) is 1.77. The van der Waals surface area contributed by atoms with Crippen LogP contribution in [0.25, 0.3) is 0 Å². The van der Waals surface area contributed by atoms with Gasteiger partial charge in [0.05, 0.1) is 6.54 Å². The van der Waals surface area contributed by atoms with Gasteiger partial charge in [-0.25, -0.2) is 10.8 Å². The molecule has 2 aromatic rings. The van der Waals surface area contributed by atoms with Crippen LogP contribution in [0, 0.1) is 0 Å². The maximum atomic E-state index is 5.65. The maximum Gasteiger partial charge on any atom is 0.223 e. The highest BCUT2D eigenvalue weighted by molar-refractivity contribution is 5.52. The molecule has 2 aromatic heterocycles. The van der Waals surface area contributed by atoms with Gasteiger partial charge in [0, 0.05) is 31.5 Å². The van der Waals surface area contributed by atoms with E-state index in [2.05, 4.69) is 29.8 Å². The molecular formula is C10H14N8. The summed E-state index contributed by atoms with van der Waals surface area (Å²) in [6.07, 6.45) is 3.79. The molecule has 5 N–H and O–H groups in total. The Balaban J connectivity index is 1.90. The van der Waals surface area contributed by atoms with Crippen LogP contribution in [0.1, 0.15) is 5.82 Å². The summed E-state index contributed by atoms with van der Waals surface area (Å²) in [5, 5.41) is 0. The van der Waals surface area contributed by atoms with Crippen LogP contribution in [0.5, 0.6) is 0 Å². The average Bonchev–Trinajstić information content (AvgIpc) is 2.85. The van der Waals surface area contributed by atoms with Crippen LogP contribution in [-0.2, 0) is 13.1 Å². The quantitative estimate of drug-likeness (QED) is 0.486. The van der Waals surface area contributed by atoms with Crippen LogP contribution in [0.15, 0.2) is 18.5 Å². The lowest BCUT2D eigenvalue weighted by atomic mass is 10.3. The molecular weight excluding hydrogens is 232 g/mol. The highest BCUT2D eigenvalue weighted by atomic mass is 15.3. The Labute approximate surface area is 104 Å². The fourth-order valence-electron chi connectivity index (χ4n) is 2.06. The van der Waals surface area contributed by atoms with E-state index in [0.29, 0.717) is 12.4 Å². The molecule has 8 heteroatoms. The number of anilines is 3. The lowest BCUT2D eigenvalue weighted by Gasteiger charge is -2.28. The zero-order chi connectivity index (χ0) is 12.5. The van der Waals surface area contributed by atoms with Gasteiger partial charge in [-0.3, -0.25) is 0 Å². The molecule has 0 saturated heterocycles. The second kappa shape index (κ2) is 4.15. The van der Waals surface area contributed by atoms with Crippen molar-refractivity contribution in [3.63, 3.8) is 0 Å². The Kier molecular flexibility index (Phi) is 2.49. The third-order valence-electron chi connectivity index (χ3n) is 2.95. The summed E-state index contributed by atoms with van der Waals surface area (Å²) in [5.41, 5.74) is 8.13. The molecule has 3 rings (SSSR count). The van der Waals surface area contributed by atoms with Gasteiger partial charge in [0.2, 0.25) is 5.95 Å². The van der Waals surface area contributed by atoms with E-state index in [-0.39, 0.29) is 5.95 Å². The number of rotatable bonds is 2. The van der Waals surface area contributed by atoms with Gasteiger partial charge in [-0.15, -0.1) is 0 Å². The molecule has 1 aliphatic rings. The van der Waals surface area contributed by atoms with E-state index in [1.807, 2.05) is 6.20 Å². The van der Waals surface area contributed by atoms with Crippen LogP contribution in [0.2, 0.25) is 0 Å². The second-order valence-electron chi connectivity index (χ2n) is 4.07. The van der Waals surface area contributed by atoms with E-state index < -0.39 is 0 Å². The minimum Gasteiger partial charge on any atom is -0.368 e. The lowest BCUT2D eigenvalue weighted by Crippen LogP contribution is -2.34. The standard InChI is InChI=1S/C10H14N8/c11-10-14-7(16-12)5-8(15-10)18-4-3-17-2-1-13-9(17)6-18/h1-2,5H,3-4,6,12H2,(H3,11,14,15,16). The summed E-state index contributed by atoms with van der Waals surface area (Å²) in [5.74, 6) is 7.82. The van der Waals surface area contributed by atoms with Gasteiger partial charge in [0.1, 0.15) is 17.5 Å². The second-order valence-corrected chi connectivity index (χ2v) is 4.07. The van der Waals surface area contributed by atoms with Gasteiger partial charge in [-0.1, -0.05) is 0 Å². The molecule has 8 nitrogen and oxygen atoms in total. The summed E-state index contributed by atoms with van der Waals surface area (Å²) in [4.78, 5) is 14.6. The number of imidazole rings is 1. The molecule has 3 heterocycles. The first-order chi connectivity index (χ1) is 8.76. The maximum absolute atomic E-state index is 5.65. The number of aromatic nitrogens is 4. The predicted octanol–water partition coefficient (Wildman–Crippen LogP) is -0.439. The molecule has 0 spiro atoms. The third kappa shape index (κ3) is 1.82. The number of hydrogen-bond donors (Lipinski definition) is 3. The fraction of sp³-hybridized carbons (Fsp3) is 0.300. The molecule has 0 aliphatic carbocycles. The Morgan fingerprint density at radius 1 is 1.28 bits per heavy atom. The number of nitrogens with one attached hydrogen (secondary N) is 1. The first-order valence-electron chi connectivity index (χ1n) is 5.62. The van der Waals surface area contributed by atoms with Gasteiger partial charge >= 0.3 is 0 Å². The first-order valence-corrected chi connectivity index (χ1v) is 5.62. The Morgan fingerprint density at radius 2 is 2.17 bits per heavy atom. The van der Waals surface area contributed by atoms with Gasteiger partial charge in [0.15, 0.2) is 0 Å². The Bertz CT molecular complexity index is 563. The fourth-order valence-corrected chi connectivity index (χ4v) is 2.06. The molecule has 0 bridgehead atoms. The molecule has 0 aromatic carbocycles. The monoisotopic (exact) mass is 246 g/mol. The summed E-state index contributed by atoms with van der Waals surface area (Å²) in [6.45, 7) is 2.43. The smallest absolute Gasteiger partial charge is 0.223 e. The normalized spacial score (nSPS) is 14.4. The average molecular weight is 246 g/mol. The Morgan fingerprint density at radius 3 is 3.00 bits per heavy atom. The van der Waals surface area contributed by atoms with Crippen LogP contribution >= 0.6 is 0 Å². The van der Waals surface area contributed by atoms with Crippen molar-refractivity contribution < 1.29 is 0 Å². The largest absolute Gasteiger partial charge is 0.368 e. The third-order valence-corrected chi connectivity index (χ3v) is 2.95. The summed E-state index contributed by atoms with van der Waals surface area (Å²) in [7, 11) is 0. The molecule has 18 heavy (non-hydrogen) atoms. The molecule has 94 valence electrons. The van der Waals surface area contributed by atoms with Crippen molar-refractivity contribution in [1.82, 2.24) is 19.5 Å². The molecule has 0 amide bonds. The van der Waals surface area contributed by atoms with E-state index in [0.717, 1.165) is 24.7 Å². The van der Waals surface area contributed by atoms with Crippen molar-refractivity contribution in [3.05, 3.63) is 24.3 Å². The Hall–Kier alpha value is -2.35. The number of nitrogen functional groups attached to an aromatic ring is 2. The summed E-state index contributed by atoms with van der Waals surface area (Å²) < 4.78 is 2.13. The van der Waals surface area contributed by atoms with Crippen molar-refractivity contribution in [2.75, 3.05) is 22.6 Å². The highest BCUT2D eigenvalue weighted by Gasteiger charge is 2.18. The lowest BCUT2D eigenvalue weighted by molar-refractivity contribution is 0.556. The van der Waals surface area contributed by atoms with Crippen molar-refractivity contribution in [2.24, 2.45) is 5.84 Å². The van der Waals surface area contributed by atoms with E-state index in [9.17, 15) is 0 Å². The molecule has 0 saturated carbocycles. The topological polar surface area (TPSA) is 111 Å². The van der Waals surface area contributed by atoms with Gasteiger partial charge in [-0.2, -0.15) is 9.97 Å². The van der Waals surface area contributed by atoms with Crippen molar-refractivity contribution >= 4 is 17.6 Å². The molecule has 0 fully saturated rings. The number of nitrogens with two attached hydrogens (primary N) is 2. The number of nitrogens with zero attached hydrogens (tertiary/aromatic N) is 5. The van der Waals surface area contributed by atoms with E-state index >= 15 is 0 Å². The van der Waals surface area contributed by atoms with Crippen molar-refractivity contribution in [2.45, 2.75) is 13.1 Å². The van der Waals surface area contributed by atoms with Gasteiger partial charge < -0.3 is 20.6 Å². The van der Waals surface area contributed by atoms with Crippen LogP contribution in [0.3, 0.4) is 0 Å². The zero-order valence-electron chi connectivity index (χ0n) is 9.74. The van der Waals surface area contributed by atoms with Crippen LogP contribution in [-0.4, -0.2) is 26.1 Å². The van der Waals surface area contributed by atoms with Crippen molar-refractivity contribution in [1.29, 1.82) is 0 Å². The molecule has 1 aliphatic heterocycles. The summed E-state index contributed by atoms with van der Waals surface area (Å²) >= 11 is 0. The SMILES string of the molecule is NNc1cc(N2CCn3ccnc3C2)nc(N)n1. The zero-order valence-corrected chi connectivity index (χ0v) is 9.74. The van der Waals surface area contributed by atoms with E-state index in [1.165, 1.54) is 0 Å². The van der Waals surface area contributed by atoms with E-state index in [1.54, 1.807) is 12.3 Å². The van der Waals surface area contributed by atoms with Gasteiger partial charge in [0.25, 0.3) is 0 Å². The number of hydrogen-bond acceptors (Lipinski definition) is 7. The van der Waals surface area contributed by atoms with Crippen LogP contribution < -0.4 is 21.9 Å². The molecule has 0 radical (unpaired) electrons. The highest BCUT2D eigenvalue weighted by Crippen LogP contribution is 2.20.